The molecule has 0 aliphatic rings. The van der Waals surface area contributed by atoms with E-state index in [1.54, 1.807) is 0 Å². The molecule has 0 saturated heterocycles. The van der Waals surface area contributed by atoms with Gasteiger partial charge in [0.2, 0.25) is 59.1 Å². The van der Waals surface area contributed by atoms with Gasteiger partial charge in [-0.15, -0.1) is 0 Å². The molecule has 0 fully saturated rings. The molecule has 8 unspecified atom stereocenters. The Morgan fingerprint density at radius 2 is 0.819 bits per heavy atom. The molecule has 0 saturated carbocycles. The van der Waals surface area contributed by atoms with E-state index >= 15 is 0 Å². The lowest BCUT2D eigenvalue weighted by Crippen LogP contribution is -2.62. The first-order valence-corrected chi connectivity index (χ1v) is 23.1. The number of hydrogen-bond donors (Lipinski definition) is 16. The van der Waals surface area contributed by atoms with Gasteiger partial charge in [0.15, 0.2) is 6.10 Å². The van der Waals surface area contributed by atoms with E-state index in [0.717, 1.165) is 46.0 Å². The van der Waals surface area contributed by atoms with Gasteiger partial charge in [0, 0.05) is 39.8 Å². The number of nitrogens with zero attached hydrogens (tertiary/aromatic N) is 2. The zero-order valence-electron chi connectivity index (χ0n) is 40.5. The van der Waals surface area contributed by atoms with E-state index in [-0.39, 0.29) is 37.3 Å². The highest BCUT2D eigenvalue weighted by atomic mass is 16.5. The topological polar surface area (TPSA) is 483 Å². The lowest BCUT2D eigenvalue weighted by atomic mass is 10.1. The fraction of sp³-hybridized carbons (Fsp3) is 0.714. The molecule has 410 valence electrons. The molecule has 0 aliphatic carbocycles. The van der Waals surface area contributed by atoms with Crippen molar-refractivity contribution in [2.24, 2.45) is 5.73 Å². The number of nitrogens with two attached hydrogens (primary N) is 1. The largest absolute Gasteiger partial charge is 0.480 e. The predicted octanol–water partition coefficient (Wildman–Crippen LogP) is -5.67. The second kappa shape index (κ2) is 35.5. The van der Waals surface area contributed by atoms with Crippen LogP contribution in [0.25, 0.3) is 0 Å². The van der Waals surface area contributed by atoms with Gasteiger partial charge in [-0.3, -0.25) is 58.4 Å². The summed E-state index contributed by atoms with van der Waals surface area (Å²) >= 11 is 0. The summed E-state index contributed by atoms with van der Waals surface area (Å²) in [5.74, 6) is -14.8. The number of unbranched alkanes of at least 4 members (excludes halogenated alkanes) is 6. The molecule has 0 aromatic carbocycles. The number of aliphatic hydroxyl groups is 4. The first-order chi connectivity index (χ1) is 33.8. The fourth-order valence-corrected chi connectivity index (χ4v) is 6.41. The zero-order valence-corrected chi connectivity index (χ0v) is 40.5. The summed E-state index contributed by atoms with van der Waals surface area (Å²) in [6.45, 7) is -0.222. The maximum atomic E-state index is 13.8. The monoisotopic (exact) mass is 1040 g/mol. The van der Waals surface area contributed by atoms with E-state index in [0.29, 0.717) is 17.9 Å². The Balaban J connectivity index is 6.28. The third-order valence-electron chi connectivity index (χ3n) is 10.6. The number of aliphatic carboxylic acids is 2. The van der Waals surface area contributed by atoms with Crippen molar-refractivity contribution in [2.45, 2.75) is 159 Å². The highest BCUT2D eigenvalue weighted by molar-refractivity contribution is 5.98. The maximum absolute atomic E-state index is 13.8. The van der Waals surface area contributed by atoms with Crippen molar-refractivity contribution < 1.29 is 98.6 Å². The van der Waals surface area contributed by atoms with E-state index in [4.69, 9.17) is 5.73 Å². The molecular weight excluding hydrogens is 965 g/mol. The van der Waals surface area contributed by atoms with E-state index in [9.17, 15) is 98.6 Å². The van der Waals surface area contributed by atoms with Crippen LogP contribution in [0.15, 0.2) is 0 Å². The molecule has 8 atom stereocenters. The van der Waals surface area contributed by atoms with Gasteiger partial charge in [-0.1, -0.05) is 45.4 Å². The molecule has 0 bridgehead atoms. The second-order valence-electron chi connectivity index (χ2n) is 16.5. The van der Waals surface area contributed by atoms with Crippen LogP contribution >= 0.6 is 0 Å². The first kappa shape index (κ1) is 65.4. The van der Waals surface area contributed by atoms with Crippen molar-refractivity contribution in [3.8, 4) is 0 Å². The van der Waals surface area contributed by atoms with Crippen LogP contribution in [0.5, 0.6) is 0 Å². The SMILES string of the molecule is CCCCCCCCCC(=O)NC(C(=O)NC(CO)C(=O)NC(CO)C(=O)NC(CCC(N)=O)C(=O)NC(CCCN(O)C(C)=O)C(=O)NC(CO)C(=O)NC(CCCN(O)C(C)=O)C(=O)O)C(O)C(=O)O. The van der Waals surface area contributed by atoms with Crippen LogP contribution in [0.4, 0.5) is 0 Å². The number of rotatable bonds is 38. The van der Waals surface area contributed by atoms with Crippen LogP contribution in [0.1, 0.15) is 111 Å². The summed E-state index contributed by atoms with van der Waals surface area (Å²) in [7, 11) is 0. The molecule has 72 heavy (non-hydrogen) atoms. The summed E-state index contributed by atoms with van der Waals surface area (Å²) in [6.07, 6.45) is 0.858. The molecule has 0 aromatic rings. The van der Waals surface area contributed by atoms with Gasteiger partial charge >= 0.3 is 11.9 Å². The molecule has 0 rings (SSSR count). The van der Waals surface area contributed by atoms with Crippen molar-refractivity contribution in [2.75, 3.05) is 32.9 Å². The normalized spacial score (nSPS) is 14.2. The number of carbonyl (C=O) groups is 12. The molecule has 0 radical (unpaired) electrons. The number of hydrogen-bond acceptors (Lipinski definition) is 18. The van der Waals surface area contributed by atoms with Gasteiger partial charge in [-0.25, -0.2) is 19.7 Å². The van der Waals surface area contributed by atoms with Crippen molar-refractivity contribution in [1.82, 2.24) is 47.3 Å². The van der Waals surface area contributed by atoms with Gasteiger partial charge in [0.25, 0.3) is 0 Å². The van der Waals surface area contributed by atoms with Crippen LogP contribution in [0.3, 0.4) is 0 Å². The lowest BCUT2D eigenvalue weighted by molar-refractivity contribution is -0.163. The number of carbonyl (C=O) groups excluding carboxylic acids is 10. The number of primary amides is 1. The standard InChI is InChI=1S/C42H72N10O20/c1-4-5-6-7-8-9-10-15-32(59)50-33(34(60)42(69)70)40(66)49-30(22-55)39(65)48-28(20-53)37(63)45-26(16-17-31(43)58)36(62)44-25(13-11-18-51(71)23(2)56)35(61)47-29(21-54)38(64)46-27(41(67)68)14-12-19-52(72)24(3)57/h25-30,33-34,53-55,60,71-72H,4-22H2,1-3H3,(H2,43,58)(H,44,62)(H,45,63)(H,46,64)(H,47,61)(H,48,65)(H,49,66)(H,50,59)(H,67,68)(H,69,70). The Morgan fingerprint density at radius 3 is 1.21 bits per heavy atom. The average Bonchev–Trinajstić information content (AvgIpc) is 3.32. The summed E-state index contributed by atoms with van der Waals surface area (Å²) in [4.78, 5) is 151. The van der Waals surface area contributed by atoms with Crippen molar-refractivity contribution >= 4 is 71.0 Å². The van der Waals surface area contributed by atoms with Crippen molar-refractivity contribution in [3.05, 3.63) is 0 Å². The van der Waals surface area contributed by atoms with Crippen LogP contribution in [0, 0.1) is 0 Å². The number of aliphatic hydroxyl groups excluding tert-OH is 4. The smallest absolute Gasteiger partial charge is 0.335 e. The second-order valence-corrected chi connectivity index (χ2v) is 16.5. The van der Waals surface area contributed by atoms with Gasteiger partial charge < -0.3 is 73.6 Å². The molecule has 30 heteroatoms. The van der Waals surface area contributed by atoms with E-state index in [2.05, 4.69) is 33.5 Å². The van der Waals surface area contributed by atoms with Crippen LogP contribution in [-0.4, -0.2) is 203 Å². The quantitative estimate of drug-likeness (QED) is 0.0156. The third kappa shape index (κ3) is 26.0. The average molecular weight is 1040 g/mol. The van der Waals surface area contributed by atoms with Gasteiger partial charge in [-0.2, -0.15) is 0 Å². The molecule has 0 aliphatic heterocycles. The van der Waals surface area contributed by atoms with E-state index in [1.165, 1.54) is 0 Å². The fourth-order valence-electron chi connectivity index (χ4n) is 6.41. The van der Waals surface area contributed by atoms with Crippen LogP contribution in [0.2, 0.25) is 0 Å². The van der Waals surface area contributed by atoms with E-state index < -0.39 is 165 Å². The van der Waals surface area contributed by atoms with E-state index in [1.807, 2.05) is 10.6 Å². The summed E-state index contributed by atoms with van der Waals surface area (Å²) in [5, 5.41) is 93.9. The predicted molar refractivity (Wildman–Crippen MR) is 244 cm³/mol. The number of carboxylic acid groups (broad SMARTS) is 2. The minimum atomic E-state index is -2.52. The Labute approximate surface area is 414 Å². The minimum Gasteiger partial charge on any atom is -0.480 e. The first-order valence-electron chi connectivity index (χ1n) is 23.1. The molecule has 0 heterocycles. The van der Waals surface area contributed by atoms with Gasteiger partial charge in [0.1, 0.15) is 42.3 Å². The Kier molecular flexibility index (Phi) is 32.2. The molecule has 10 amide bonds. The molecule has 0 spiro atoms. The summed E-state index contributed by atoms with van der Waals surface area (Å²) in [6, 6.07) is -13.3. The number of carboxylic acids is 2. The molecule has 17 N–H and O–H groups in total. The lowest BCUT2D eigenvalue weighted by Gasteiger charge is -2.27. The Bertz CT molecular complexity index is 1840. The molecular formula is C42H72N10O20. The maximum Gasteiger partial charge on any atom is 0.335 e. The van der Waals surface area contributed by atoms with Gasteiger partial charge in [-0.05, 0) is 38.5 Å². The molecule has 0 aromatic heterocycles. The highest BCUT2D eigenvalue weighted by Crippen LogP contribution is 2.10. The molecule has 30 nitrogen and oxygen atoms in total. The van der Waals surface area contributed by atoms with Crippen molar-refractivity contribution in [1.29, 1.82) is 0 Å². The Hall–Kier alpha value is -6.60. The van der Waals surface area contributed by atoms with Crippen LogP contribution < -0.4 is 43.0 Å². The summed E-state index contributed by atoms with van der Waals surface area (Å²) < 4.78 is 0. The van der Waals surface area contributed by atoms with Crippen molar-refractivity contribution in [3.63, 3.8) is 0 Å². The number of nitrogens with one attached hydrogen (secondary N) is 7. The summed E-state index contributed by atoms with van der Waals surface area (Å²) in [5.41, 5.74) is 5.26. The van der Waals surface area contributed by atoms with Gasteiger partial charge in [0.05, 0.1) is 19.8 Å². The third-order valence-corrected chi connectivity index (χ3v) is 10.6. The highest BCUT2D eigenvalue weighted by Gasteiger charge is 2.37. The van der Waals surface area contributed by atoms with Crippen LogP contribution in [-0.2, 0) is 57.5 Å². The number of amides is 10. The Morgan fingerprint density at radius 1 is 0.458 bits per heavy atom. The minimum absolute atomic E-state index is 0.121. The number of hydroxylamine groups is 4. The zero-order chi connectivity index (χ0) is 55.1.